The number of nitrogens with one attached hydrogen (secondary N) is 1. The Labute approximate surface area is 196 Å². The molecule has 1 amide bonds. The van der Waals surface area contributed by atoms with Crippen molar-refractivity contribution in [1.82, 2.24) is 4.90 Å². The van der Waals surface area contributed by atoms with Gasteiger partial charge in [-0.1, -0.05) is 47.5 Å². The molecule has 6 nitrogen and oxygen atoms in total. The van der Waals surface area contributed by atoms with Crippen LogP contribution in [0, 0.1) is 0 Å². The number of hydrogen-bond donors (Lipinski definition) is 1. The Bertz CT molecular complexity index is 1230. The molecular formula is C23H20Cl2N2O4S. The molecule has 0 spiro atoms. The summed E-state index contributed by atoms with van der Waals surface area (Å²) in [7, 11) is -3.84. The smallest absolute Gasteiger partial charge is 0.261 e. The van der Waals surface area contributed by atoms with Crippen LogP contribution in [-0.2, 0) is 27.8 Å². The molecule has 1 aliphatic rings. The molecule has 1 heterocycles. The standard InChI is InChI=1S/C23H20Cl2N2O4S/c24-18-11-19(25)13-20(12-18)26-32(29,30)22-7-5-21(6-8-22)31-15-23(28)27-10-9-16-3-1-2-4-17(16)14-27/h1-8,11-13,26H,9-10,14-15H2. The molecule has 0 unspecified atom stereocenters. The van der Waals surface area contributed by atoms with Crippen molar-refractivity contribution in [2.24, 2.45) is 0 Å². The number of halogens is 2. The number of fused-ring (bicyclic) bond motifs is 1. The highest BCUT2D eigenvalue weighted by molar-refractivity contribution is 7.92. The van der Waals surface area contributed by atoms with Crippen LogP contribution in [0.1, 0.15) is 11.1 Å². The van der Waals surface area contributed by atoms with Crippen molar-refractivity contribution in [2.45, 2.75) is 17.9 Å². The molecule has 4 rings (SSSR count). The van der Waals surface area contributed by atoms with Crippen LogP contribution in [0.2, 0.25) is 10.0 Å². The van der Waals surface area contributed by atoms with Crippen LogP contribution in [0.3, 0.4) is 0 Å². The van der Waals surface area contributed by atoms with Crippen LogP contribution >= 0.6 is 23.2 Å². The lowest BCUT2D eigenvalue weighted by atomic mass is 10.00. The second-order valence-electron chi connectivity index (χ2n) is 7.36. The van der Waals surface area contributed by atoms with E-state index in [9.17, 15) is 13.2 Å². The summed E-state index contributed by atoms with van der Waals surface area (Å²) < 4.78 is 33.2. The normalized spacial score (nSPS) is 13.4. The fourth-order valence-corrected chi connectivity index (χ4v) is 5.05. The number of anilines is 1. The van der Waals surface area contributed by atoms with E-state index >= 15 is 0 Å². The number of amides is 1. The SMILES string of the molecule is O=C(COc1ccc(S(=O)(=O)Nc2cc(Cl)cc(Cl)c2)cc1)N1CCc2ccccc2C1. The minimum atomic E-state index is -3.84. The van der Waals surface area contributed by atoms with Gasteiger partial charge < -0.3 is 9.64 Å². The molecule has 0 saturated heterocycles. The summed E-state index contributed by atoms with van der Waals surface area (Å²) in [6, 6.07) is 18.4. The first-order valence-corrected chi connectivity index (χ1v) is 12.1. The number of ether oxygens (including phenoxy) is 1. The second kappa shape index (κ2) is 9.40. The first kappa shape index (κ1) is 22.5. The quantitative estimate of drug-likeness (QED) is 0.540. The third-order valence-electron chi connectivity index (χ3n) is 5.09. The summed E-state index contributed by atoms with van der Waals surface area (Å²) in [6.45, 7) is 1.10. The van der Waals surface area contributed by atoms with E-state index in [0.29, 0.717) is 28.9 Å². The van der Waals surface area contributed by atoms with Gasteiger partial charge in [-0.2, -0.15) is 0 Å². The van der Waals surface area contributed by atoms with Gasteiger partial charge in [-0.05, 0) is 60.0 Å². The first-order chi connectivity index (χ1) is 15.3. The number of nitrogens with zero attached hydrogens (tertiary/aromatic N) is 1. The van der Waals surface area contributed by atoms with Crippen LogP contribution in [0.4, 0.5) is 5.69 Å². The third kappa shape index (κ3) is 5.35. The van der Waals surface area contributed by atoms with Gasteiger partial charge in [0.05, 0.1) is 10.6 Å². The molecule has 0 atom stereocenters. The highest BCUT2D eigenvalue weighted by atomic mass is 35.5. The predicted molar refractivity (Wildman–Crippen MR) is 125 cm³/mol. The summed E-state index contributed by atoms with van der Waals surface area (Å²) in [5, 5.41) is 0.640. The Morgan fingerprint density at radius 2 is 1.62 bits per heavy atom. The van der Waals surface area contributed by atoms with Gasteiger partial charge in [-0.15, -0.1) is 0 Å². The van der Waals surface area contributed by atoms with E-state index in [0.717, 1.165) is 12.0 Å². The van der Waals surface area contributed by atoms with E-state index in [1.807, 2.05) is 18.2 Å². The summed E-state index contributed by atoms with van der Waals surface area (Å²) in [4.78, 5) is 14.3. The first-order valence-electron chi connectivity index (χ1n) is 9.86. The second-order valence-corrected chi connectivity index (χ2v) is 9.91. The van der Waals surface area contributed by atoms with E-state index in [-0.39, 0.29) is 23.1 Å². The lowest BCUT2D eigenvalue weighted by Gasteiger charge is -2.28. The van der Waals surface area contributed by atoms with E-state index in [1.54, 1.807) is 4.90 Å². The van der Waals surface area contributed by atoms with Crippen molar-refractivity contribution >= 4 is 44.8 Å². The van der Waals surface area contributed by atoms with Crippen molar-refractivity contribution < 1.29 is 17.9 Å². The van der Waals surface area contributed by atoms with Gasteiger partial charge >= 0.3 is 0 Å². The topological polar surface area (TPSA) is 75.7 Å². The minimum Gasteiger partial charge on any atom is -0.484 e. The van der Waals surface area contributed by atoms with Gasteiger partial charge in [-0.3, -0.25) is 9.52 Å². The zero-order valence-corrected chi connectivity index (χ0v) is 19.3. The molecule has 32 heavy (non-hydrogen) atoms. The highest BCUT2D eigenvalue weighted by Gasteiger charge is 2.21. The monoisotopic (exact) mass is 490 g/mol. The van der Waals surface area contributed by atoms with E-state index in [1.165, 1.54) is 48.0 Å². The molecule has 9 heteroatoms. The molecule has 0 fully saturated rings. The predicted octanol–water partition coefficient (Wildman–Crippen LogP) is 4.76. The number of rotatable bonds is 6. The number of hydrogen-bond acceptors (Lipinski definition) is 4. The molecule has 0 aliphatic carbocycles. The number of carbonyl (C=O) groups excluding carboxylic acids is 1. The fourth-order valence-electron chi connectivity index (χ4n) is 3.49. The number of benzene rings is 3. The lowest BCUT2D eigenvalue weighted by molar-refractivity contribution is -0.134. The van der Waals surface area contributed by atoms with Crippen molar-refractivity contribution in [2.75, 3.05) is 17.9 Å². The Balaban J connectivity index is 1.36. The van der Waals surface area contributed by atoms with Crippen molar-refractivity contribution in [1.29, 1.82) is 0 Å². The van der Waals surface area contributed by atoms with Gasteiger partial charge in [0.1, 0.15) is 5.75 Å². The summed E-state index contributed by atoms with van der Waals surface area (Å²) in [6.07, 6.45) is 0.819. The minimum absolute atomic E-state index is 0.0416. The van der Waals surface area contributed by atoms with E-state index in [4.69, 9.17) is 27.9 Å². The largest absolute Gasteiger partial charge is 0.484 e. The molecule has 3 aromatic rings. The van der Waals surface area contributed by atoms with Gasteiger partial charge in [-0.25, -0.2) is 8.42 Å². The average molecular weight is 491 g/mol. The molecule has 1 N–H and O–H groups in total. The number of sulfonamides is 1. The molecule has 0 bridgehead atoms. The highest BCUT2D eigenvalue weighted by Crippen LogP contribution is 2.25. The molecule has 1 aliphatic heterocycles. The van der Waals surface area contributed by atoms with Crippen LogP contribution in [0.5, 0.6) is 5.75 Å². The fraction of sp³-hybridized carbons (Fsp3) is 0.174. The molecule has 0 saturated carbocycles. The van der Waals surface area contributed by atoms with Gasteiger partial charge in [0.25, 0.3) is 15.9 Å². The van der Waals surface area contributed by atoms with Crippen molar-refractivity contribution in [3.05, 3.63) is 87.9 Å². The third-order valence-corrected chi connectivity index (χ3v) is 6.93. The molecule has 0 aromatic heterocycles. The molecular weight excluding hydrogens is 471 g/mol. The van der Waals surface area contributed by atoms with Crippen LogP contribution in [0.25, 0.3) is 0 Å². The Morgan fingerprint density at radius 1 is 0.969 bits per heavy atom. The van der Waals surface area contributed by atoms with Gasteiger partial charge in [0.2, 0.25) is 0 Å². The van der Waals surface area contributed by atoms with E-state index in [2.05, 4.69) is 10.8 Å². The average Bonchev–Trinajstić information content (AvgIpc) is 2.76. The van der Waals surface area contributed by atoms with Gasteiger partial charge in [0, 0.05) is 23.1 Å². The zero-order valence-electron chi connectivity index (χ0n) is 16.9. The molecule has 0 radical (unpaired) electrons. The van der Waals surface area contributed by atoms with Crippen LogP contribution < -0.4 is 9.46 Å². The summed E-state index contributed by atoms with van der Waals surface area (Å²) in [5.74, 6) is 0.288. The van der Waals surface area contributed by atoms with Crippen LogP contribution in [-0.4, -0.2) is 32.4 Å². The lowest BCUT2D eigenvalue weighted by Crippen LogP contribution is -2.38. The maximum absolute atomic E-state index is 12.6. The Hall–Kier alpha value is -2.74. The van der Waals surface area contributed by atoms with Crippen LogP contribution in [0.15, 0.2) is 71.6 Å². The molecule has 166 valence electrons. The Morgan fingerprint density at radius 3 is 2.31 bits per heavy atom. The summed E-state index contributed by atoms with van der Waals surface area (Å²) >= 11 is 11.8. The van der Waals surface area contributed by atoms with Crippen molar-refractivity contribution in [3.8, 4) is 5.75 Å². The maximum Gasteiger partial charge on any atom is 0.261 e. The van der Waals surface area contributed by atoms with Crippen molar-refractivity contribution in [3.63, 3.8) is 0 Å². The summed E-state index contributed by atoms with van der Waals surface area (Å²) in [5.41, 5.74) is 2.68. The maximum atomic E-state index is 12.6. The van der Waals surface area contributed by atoms with Gasteiger partial charge in [0.15, 0.2) is 6.61 Å². The zero-order chi connectivity index (χ0) is 22.7. The molecule has 3 aromatic carbocycles. The van der Waals surface area contributed by atoms with E-state index < -0.39 is 10.0 Å². The number of carbonyl (C=O) groups is 1. The Kier molecular flexibility index (Phi) is 6.60.